The molecule has 0 aliphatic carbocycles. The van der Waals surface area contributed by atoms with Crippen molar-refractivity contribution in [1.82, 2.24) is 24.4 Å². The minimum Gasteiger partial charge on any atom is -0.505 e. The molecule has 0 unspecified atom stereocenters. The lowest BCUT2D eigenvalue weighted by Gasteiger charge is -2.37. The summed E-state index contributed by atoms with van der Waals surface area (Å²) in [6, 6.07) is 3.18. The molecular weight excluding hydrogens is 590 g/mol. The molecule has 4 heterocycles. The summed E-state index contributed by atoms with van der Waals surface area (Å²) < 4.78 is 17.8. The number of piperazine rings is 1. The number of amides is 2. The molecule has 1 aliphatic rings. The zero-order valence-corrected chi connectivity index (χ0v) is 24.3. The van der Waals surface area contributed by atoms with E-state index in [1.54, 1.807) is 6.07 Å². The number of aromatic nitrogens is 4. The van der Waals surface area contributed by atoms with Crippen molar-refractivity contribution >= 4 is 57.6 Å². The molecule has 5 N–H and O–H groups in total. The van der Waals surface area contributed by atoms with Crippen LogP contribution in [0.25, 0.3) is 22.2 Å². The third kappa shape index (κ3) is 5.38. The number of carbonyl (C=O) groups is 2. The molecule has 1 saturated heterocycles. The highest BCUT2D eigenvalue weighted by atomic mass is 35.5. The van der Waals surface area contributed by atoms with Crippen molar-refractivity contribution in [1.29, 1.82) is 0 Å². The van der Waals surface area contributed by atoms with Crippen LogP contribution in [0.15, 0.2) is 35.6 Å². The van der Waals surface area contributed by atoms with Crippen LogP contribution in [0.4, 0.5) is 15.9 Å². The van der Waals surface area contributed by atoms with E-state index >= 15 is 4.39 Å². The molecule has 0 saturated carbocycles. The van der Waals surface area contributed by atoms with Gasteiger partial charge in [-0.25, -0.2) is 14.4 Å². The van der Waals surface area contributed by atoms with Gasteiger partial charge in [-0.3, -0.25) is 14.4 Å². The second-order valence-corrected chi connectivity index (χ2v) is 11.1. The van der Waals surface area contributed by atoms with Crippen molar-refractivity contribution in [2.45, 2.75) is 32.5 Å². The molecular formula is C27H27Cl2FN8O4. The molecule has 1 aliphatic heterocycles. The second-order valence-electron chi connectivity index (χ2n) is 10.3. The largest absolute Gasteiger partial charge is 0.505 e. The minimum atomic E-state index is -1.08. The van der Waals surface area contributed by atoms with Crippen LogP contribution in [0.1, 0.15) is 24.2 Å². The van der Waals surface area contributed by atoms with Gasteiger partial charge in [-0.2, -0.15) is 0 Å². The molecule has 0 bridgehead atoms. The van der Waals surface area contributed by atoms with Crippen molar-refractivity contribution in [3.05, 3.63) is 62.6 Å². The van der Waals surface area contributed by atoms with Crippen molar-refractivity contribution in [2.24, 2.45) is 12.8 Å². The Kier molecular flexibility index (Phi) is 7.84. The molecule has 12 nitrogen and oxygen atoms in total. The summed E-state index contributed by atoms with van der Waals surface area (Å²) in [4.78, 5) is 49.1. The predicted molar refractivity (Wildman–Crippen MR) is 158 cm³/mol. The monoisotopic (exact) mass is 616 g/mol. The molecule has 1 fully saturated rings. The molecule has 1 aromatic carbocycles. The molecule has 5 rings (SSSR count). The summed E-state index contributed by atoms with van der Waals surface area (Å²) >= 11 is 12.3. The van der Waals surface area contributed by atoms with Gasteiger partial charge in [0.05, 0.1) is 34.2 Å². The number of anilines is 2. The van der Waals surface area contributed by atoms with Gasteiger partial charge in [-0.05, 0) is 19.9 Å². The highest BCUT2D eigenvalue weighted by molar-refractivity contribution is 6.34. The standard InChI is InChI=1S/C27H27Cl2FN8O4/c1-12-7-37(8-13(2)34-12)19-5-18(17(28)6-32-19)35-20(39)10-38-9-16(21-26(38)33-11-36(3)27(21)42)14-4-15(25(31)41)24(40)22(29)23(14)30/h4-6,9,11-13,34,40H,7-8,10H2,1-3H3,(H2,31,41)(H,32,35,39)/t12-,13+. The smallest absolute Gasteiger partial charge is 0.263 e. The topological polar surface area (TPSA) is 160 Å². The lowest BCUT2D eigenvalue weighted by molar-refractivity contribution is -0.116. The number of nitrogens with zero attached hydrogens (tertiary/aromatic N) is 5. The molecule has 0 spiro atoms. The van der Waals surface area contributed by atoms with Crippen LogP contribution in [0.3, 0.4) is 0 Å². The van der Waals surface area contributed by atoms with Crippen LogP contribution in [-0.4, -0.2) is 61.2 Å². The van der Waals surface area contributed by atoms with Gasteiger partial charge in [-0.15, -0.1) is 0 Å². The van der Waals surface area contributed by atoms with E-state index in [2.05, 4.69) is 39.3 Å². The van der Waals surface area contributed by atoms with Crippen LogP contribution in [0, 0.1) is 5.82 Å². The number of fused-ring (bicyclic) bond motifs is 1. The molecule has 0 radical (unpaired) electrons. The zero-order chi connectivity index (χ0) is 30.5. The van der Waals surface area contributed by atoms with Crippen molar-refractivity contribution in [3.8, 4) is 16.9 Å². The SMILES string of the molecule is C[C@@H]1CN(c2cc(NC(=O)Cn3cc(-c4cc(C(N)=O)c(O)c(Cl)c4F)c4c(=O)n(C)cnc43)c(Cl)cn2)C[C@H](C)N1. The van der Waals surface area contributed by atoms with Crippen LogP contribution in [0.2, 0.25) is 10.0 Å². The van der Waals surface area contributed by atoms with Crippen LogP contribution >= 0.6 is 23.2 Å². The summed E-state index contributed by atoms with van der Waals surface area (Å²) in [6.45, 7) is 5.26. The Balaban J connectivity index is 1.52. The van der Waals surface area contributed by atoms with E-state index in [0.29, 0.717) is 11.5 Å². The van der Waals surface area contributed by atoms with E-state index in [0.717, 1.165) is 19.2 Å². The van der Waals surface area contributed by atoms with Crippen molar-refractivity contribution in [3.63, 3.8) is 0 Å². The normalized spacial score (nSPS) is 17.0. The highest BCUT2D eigenvalue weighted by Crippen LogP contribution is 2.39. The van der Waals surface area contributed by atoms with Crippen LogP contribution < -0.4 is 26.8 Å². The highest BCUT2D eigenvalue weighted by Gasteiger charge is 2.26. The van der Waals surface area contributed by atoms with Gasteiger partial charge in [0.15, 0.2) is 5.82 Å². The number of hydrogen-bond donors (Lipinski definition) is 4. The number of pyridine rings is 1. The van der Waals surface area contributed by atoms with Crippen molar-refractivity contribution < 1.29 is 19.1 Å². The Morgan fingerprint density at radius 2 is 1.88 bits per heavy atom. The van der Waals surface area contributed by atoms with E-state index in [1.807, 2.05) is 0 Å². The number of benzene rings is 1. The predicted octanol–water partition coefficient (Wildman–Crippen LogP) is 2.87. The molecule has 2 atom stereocenters. The van der Waals surface area contributed by atoms with Crippen LogP contribution in [-0.2, 0) is 18.4 Å². The van der Waals surface area contributed by atoms with Gasteiger partial charge in [0.2, 0.25) is 5.91 Å². The number of aryl methyl sites for hydroxylation is 1. The Morgan fingerprint density at radius 3 is 2.55 bits per heavy atom. The number of nitrogens with two attached hydrogens (primary N) is 1. The lowest BCUT2D eigenvalue weighted by atomic mass is 10.0. The van der Waals surface area contributed by atoms with Gasteiger partial charge in [0.1, 0.15) is 28.8 Å². The number of carbonyl (C=O) groups excluding carboxylic acids is 2. The molecule has 3 aromatic heterocycles. The summed E-state index contributed by atoms with van der Waals surface area (Å²) in [5.41, 5.74) is 4.50. The summed E-state index contributed by atoms with van der Waals surface area (Å²) in [5, 5.41) is 15.8. The van der Waals surface area contributed by atoms with Crippen LogP contribution in [0.5, 0.6) is 5.75 Å². The first-order valence-electron chi connectivity index (χ1n) is 12.9. The molecule has 42 heavy (non-hydrogen) atoms. The first-order valence-corrected chi connectivity index (χ1v) is 13.6. The second kappa shape index (κ2) is 11.2. The Labute approximate surface area is 248 Å². The molecule has 220 valence electrons. The first-order chi connectivity index (χ1) is 19.8. The fourth-order valence-corrected chi connectivity index (χ4v) is 5.50. The number of nitrogens with one attached hydrogen (secondary N) is 2. The van der Waals surface area contributed by atoms with E-state index in [9.17, 15) is 19.5 Å². The fourth-order valence-electron chi connectivity index (χ4n) is 5.14. The van der Waals surface area contributed by atoms with Gasteiger partial charge in [0.25, 0.3) is 11.5 Å². The lowest BCUT2D eigenvalue weighted by Crippen LogP contribution is -2.54. The maximum atomic E-state index is 15.3. The average Bonchev–Trinajstić information content (AvgIpc) is 3.28. The summed E-state index contributed by atoms with van der Waals surface area (Å²) in [6.07, 6.45) is 4.07. The Bertz CT molecular complexity index is 1800. The van der Waals surface area contributed by atoms with E-state index < -0.39 is 39.5 Å². The minimum absolute atomic E-state index is 0.000391. The number of halogens is 3. The summed E-state index contributed by atoms with van der Waals surface area (Å²) in [7, 11) is 1.46. The molecule has 4 aromatic rings. The van der Waals surface area contributed by atoms with E-state index in [-0.39, 0.29) is 45.8 Å². The van der Waals surface area contributed by atoms with Gasteiger partial charge in [-0.1, -0.05) is 23.2 Å². The van der Waals surface area contributed by atoms with Gasteiger partial charge >= 0.3 is 0 Å². The van der Waals surface area contributed by atoms with Gasteiger partial charge in [0, 0.05) is 55.6 Å². The van der Waals surface area contributed by atoms with Gasteiger partial charge < -0.3 is 35.5 Å². The summed E-state index contributed by atoms with van der Waals surface area (Å²) in [5.74, 6) is -2.81. The number of phenols is 1. The molecule has 2 amide bonds. The first kappa shape index (κ1) is 29.3. The maximum absolute atomic E-state index is 15.3. The maximum Gasteiger partial charge on any atom is 0.263 e. The quantitative estimate of drug-likeness (QED) is 0.257. The Hall–Kier alpha value is -4.20. The number of aromatic hydroxyl groups is 1. The van der Waals surface area contributed by atoms with E-state index in [4.69, 9.17) is 28.9 Å². The van der Waals surface area contributed by atoms with Crippen molar-refractivity contribution in [2.75, 3.05) is 23.3 Å². The third-order valence-corrected chi connectivity index (χ3v) is 7.63. The fraction of sp³-hybridized carbons (Fsp3) is 0.296. The average molecular weight is 617 g/mol. The third-order valence-electron chi connectivity index (χ3n) is 6.98. The van der Waals surface area contributed by atoms with E-state index in [1.165, 1.54) is 34.9 Å². The molecule has 15 heteroatoms. The number of hydrogen-bond acceptors (Lipinski definition) is 8. The number of primary amides is 1. The zero-order valence-electron chi connectivity index (χ0n) is 22.8. The number of rotatable bonds is 6. The Morgan fingerprint density at radius 1 is 1.19 bits per heavy atom.